The van der Waals surface area contributed by atoms with Crippen molar-refractivity contribution in [3.05, 3.63) is 24.3 Å². The first kappa shape index (κ1) is 12.1. The van der Waals surface area contributed by atoms with Gasteiger partial charge in [-0.3, -0.25) is 0 Å². The fraction of sp³-hybridized carbons (Fsp3) is 0.583. The van der Waals surface area contributed by atoms with Gasteiger partial charge in [-0.15, -0.1) is 0 Å². The Morgan fingerprint density at radius 1 is 1.27 bits per heavy atom. The van der Waals surface area contributed by atoms with E-state index in [9.17, 15) is 4.79 Å². The third-order valence-corrected chi connectivity index (χ3v) is 2.39. The van der Waals surface area contributed by atoms with E-state index in [2.05, 4.69) is 0 Å². The number of aldehydes is 1. The van der Waals surface area contributed by atoms with Gasteiger partial charge in [0.25, 0.3) is 0 Å². The Hall–Kier alpha value is -0.930. The Bertz CT molecular complexity index is 250. The molecule has 1 aliphatic carbocycles. The van der Waals surface area contributed by atoms with Crippen LogP contribution in [0, 0.1) is 5.92 Å². The maximum absolute atomic E-state index is 10.6. The average Bonchev–Trinajstić information content (AvgIpc) is 2.23. The monoisotopic (exact) mass is 210 g/mol. The van der Waals surface area contributed by atoms with Crippen molar-refractivity contribution in [1.29, 1.82) is 0 Å². The van der Waals surface area contributed by atoms with Crippen molar-refractivity contribution in [3.63, 3.8) is 0 Å². The zero-order valence-corrected chi connectivity index (χ0v) is 9.31. The Kier molecular flexibility index (Phi) is 4.72. The lowest BCUT2D eigenvalue weighted by Gasteiger charge is -2.36. The van der Waals surface area contributed by atoms with Gasteiger partial charge in [-0.1, -0.05) is 18.2 Å². The third-order valence-electron chi connectivity index (χ3n) is 2.39. The van der Waals surface area contributed by atoms with E-state index < -0.39 is 5.79 Å². The number of carbonyl (C=O) groups excluding carboxylic acids is 1. The van der Waals surface area contributed by atoms with Gasteiger partial charge in [0.15, 0.2) is 5.79 Å². The third kappa shape index (κ3) is 2.76. The SMILES string of the molecule is CCOC1(OCC)C=CC=CC1CC=O. The van der Waals surface area contributed by atoms with Gasteiger partial charge in [0.2, 0.25) is 0 Å². The summed E-state index contributed by atoms with van der Waals surface area (Å²) in [5.41, 5.74) is 0. The Balaban J connectivity index is 2.84. The molecule has 0 aromatic rings. The van der Waals surface area contributed by atoms with Crippen LogP contribution >= 0.6 is 0 Å². The van der Waals surface area contributed by atoms with Gasteiger partial charge in [0.05, 0.1) is 0 Å². The molecular weight excluding hydrogens is 192 g/mol. The van der Waals surface area contributed by atoms with E-state index in [1.54, 1.807) is 0 Å². The summed E-state index contributed by atoms with van der Waals surface area (Å²) in [7, 11) is 0. The zero-order valence-electron chi connectivity index (χ0n) is 9.31. The van der Waals surface area contributed by atoms with E-state index in [-0.39, 0.29) is 5.92 Å². The molecule has 0 radical (unpaired) electrons. The molecule has 3 nitrogen and oxygen atoms in total. The number of hydrogen-bond donors (Lipinski definition) is 0. The second-order valence-electron chi connectivity index (χ2n) is 3.34. The summed E-state index contributed by atoms with van der Waals surface area (Å²) in [5, 5.41) is 0. The van der Waals surface area contributed by atoms with Crippen LogP contribution in [0.3, 0.4) is 0 Å². The molecule has 0 aromatic carbocycles. The first-order valence-corrected chi connectivity index (χ1v) is 5.36. The van der Waals surface area contributed by atoms with Crippen molar-refractivity contribution in [2.75, 3.05) is 13.2 Å². The molecule has 15 heavy (non-hydrogen) atoms. The van der Waals surface area contributed by atoms with E-state index in [1.807, 2.05) is 38.2 Å². The highest BCUT2D eigenvalue weighted by molar-refractivity contribution is 5.51. The molecule has 1 atom stereocenters. The lowest BCUT2D eigenvalue weighted by atomic mass is 9.91. The molecule has 0 saturated carbocycles. The van der Waals surface area contributed by atoms with Crippen molar-refractivity contribution in [2.24, 2.45) is 5.92 Å². The predicted molar refractivity (Wildman–Crippen MR) is 58.4 cm³/mol. The summed E-state index contributed by atoms with van der Waals surface area (Å²) in [5.74, 6) is -0.779. The van der Waals surface area contributed by atoms with E-state index in [0.29, 0.717) is 19.6 Å². The Morgan fingerprint density at radius 2 is 1.93 bits per heavy atom. The van der Waals surface area contributed by atoms with E-state index in [1.165, 1.54) is 0 Å². The highest BCUT2D eigenvalue weighted by Gasteiger charge is 2.37. The summed E-state index contributed by atoms with van der Waals surface area (Å²) in [6.45, 7) is 4.97. The maximum Gasteiger partial charge on any atom is 0.194 e. The van der Waals surface area contributed by atoms with E-state index >= 15 is 0 Å². The average molecular weight is 210 g/mol. The first-order valence-electron chi connectivity index (χ1n) is 5.36. The van der Waals surface area contributed by atoms with Gasteiger partial charge in [-0.25, -0.2) is 0 Å². The van der Waals surface area contributed by atoms with Gasteiger partial charge in [0.1, 0.15) is 6.29 Å². The minimum absolute atomic E-state index is 0.0279. The quantitative estimate of drug-likeness (QED) is 0.497. The molecular formula is C12H18O3. The topological polar surface area (TPSA) is 35.5 Å². The Labute approximate surface area is 90.8 Å². The highest BCUT2D eigenvalue weighted by atomic mass is 16.7. The van der Waals surface area contributed by atoms with Crippen LogP contribution < -0.4 is 0 Å². The number of rotatable bonds is 6. The molecule has 0 N–H and O–H groups in total. The molecule has 1 unspecified atom stereocenters. The summed E-state index contributed by atoms with van der Waals surface area (Å²) < 4.78 is 11.3. The van der Waals surface area contributed by atoms with Crippen LogP contribution in [-0.4, -0.2) is 25.3 Å². The lowest BCUT2D eigenvalue weighted by molar-refractivity contribution is -0.222. The number of ether oxygens (including phenoxy) is 2. The second kappa shape index (κ2) is 5.83. The maximum atomic E-state index is 10.6. The molecule has 84 valence electrons. The fourth-order valence-corrected chi connectivity index (χ4v) is 1.80. The molecule has 0 aliphatic heterocycles. The molecule has 0 saturated heterocycles. The van der Waals surface area contributed by atoms with Crippen LogP contribution in [0.25, 0.3) is 0 Å². The van der Waals surface area contributed by atoms with Gasteiger partial charge in [-0.05, 0) is 19.9 Å². The standard InChI is InChI=1S/C12H18O3/c1-3-14-12(15-4-2)9-6-5-7-11(12)8-10-13/h5-7,9-11H,3-4,8H2,1-2H3. The molecule has 3 heteroatoms. The minimum atomic E-state index is -0.751. The second-order valence-corrected chi connectivity index (χ2v) is 3.34. The zero-order chi connectivity index (χ0) is 11.1. The minimum Gasteiger partial charge on any atom is -0.346 e. The van der Waals surface area contributed by atoms with Crippen LogP contribution in [0.15, 0.2) is 24.3 Å². The summed E-state index contributed by atoms with van der Waals surface area (Å²) in [6, 6.07) is 0. The van der Waals surface area contributed by atoms with Crippen molar-refractivity contribution in [3.8, 4) is 0 Å². The number of hydrogen-bond acceptors (Lipinski definition) is 3. The van der Waals surface area contributed by atoms with Crippen molar-refractivity contribution in [2.45, 2.75) is 26.1 Å². The largest absolute Gasteiger partial charge is 0.346 e. The molecule has 0 spiro atoms. The van der Waals surface area contributed by atoms with E-state index in [4.69, 9.17) is 9.47 Å². The summed E-state index contributed by atoms with van der Waals surface area (Å²) in [6.07, 6.45) is 8.98. The molecule has 0 heterocycles. The smallest absolute Gasteiger partial charge is 0.194 e. The van der Waals surface area contributed by atoms with Gasteiger partial charge in [-0.2, -0.15) is 0 Å². The molecule has 1 aliphatic rings. The molecule has 0 fully saturated rings. The molecule has 0 bridgehead atoms. The summed E-state index contributed by atoms with van der Waals surface area (Å²) >= 11 is 0. The van der Waals surface area contributed by atoms with Crippen molar-refractivity contribution >= 4 is 6.29 Å². The lowest BCUT2D eigenvalue weighted by Crippen LogP contribution is -2.42. The van der Waals surface area contributed by atoms with Crippen molar-refractivity contribution in [1.82, 2.24) is 0 Å². The van der Waals surface area contributed by atoms with Crippen LogP contribution in [0.5, 0.6) is 0 Å². The van der Waals surface area contributed by atoms with Crippen molar-refractivity contribution < 1.29 is 14.3 Å². The van der Waals surface area contributed by atoms with Crippen LogP contribution in [0.2, 0.25) is 0 Å². The first-order chi connectivity index (χ1) is 7.29. The highest BCUT2D eigenvalue weighted by Crippen LogP contribution is 2.31. The van der Waals surface area contributed by atoms with Gasteiger partial charge >= 0.3 is 0 Å². The Morgan fingerprint density at radius 3 is 2.47 bits per heavy atom. The van der Waals surface area contributed by atoms with Crippen LogP contribution in [0.1, 0.15) is 20.3 Å². The fourth-order valence-electron chi connectivity index (χ4n) is 1.80. The van der Waals surface area contributed by atoms with Crippen LogP contribution in [0.4, 0.5) is 0 Å². The van der Waals surface area contributed by atoms with Gasteiger partial charge < -0.3 is 14.3 Å². The number of carbonyl (C=O) groups is 1. The molecule has 1 rings (SSSR count). The van der Waals surface area contributed by atoms with E-state index in [0.717, 1.165) is 6.29 Å². The predicted octanol–water partition coefficient (Wildman–Crippen LogP) is 2.09. The summed E-state index contributed by atoms with van der Waals surface area (Å²) in [4.78, 5) is 10.6. The molecule has 0 aromatic heterocycles. The number of allylic oxidation sites excluding steroid dienone is 2. The molecule has 0 amide bonds. The van der Waals surface area contributed by atoms with Crippen LogP contribution in [-0.2, 0) is 14.3 Å². The normalized spacial score (nSPS) is 22.9. The van der Waals surface area contributed by atoms with Gasteiger partial charge in [0, 0.05) is 25.6 Å².